The first-order chi connectivity index (χ1) is 60.7. The van der Waals surface area contributed by atoms with Gasteiger partial charge in [-0.2, -0.15) is 10.5 Å². The minimum atomic E-state index is -2.17. The fourth-order valence-electron chi connectivity index (χ4n) is 19.8. The lowest BCUT2D eigenvalue weighted by Gasteiger charge is -2.29. The monoisotopic (exact) mass is 1710 g/mol. The molecule has 0 atom stereocenters. The molecule has 11 N–H and O–H groups in total. The van der Waals surface area contributed by atoms with E-state index >= 15 is 0 Å². The number of carboxylic acid groups (broad SMARTS) is 1. The summed E-state index contributed by atoms with van der Waals surface area (Å²) >= 11 is 0. The number of hydrogen-bond donors (Lipinski definition) is 11. The number of carbonyl (C=O) groups is 1. The Labute approximate surface area is 738 Å². The van der Waals surface area contributed by atoms with Crippen molar-refractivity contribution < 1.29 is 31.9 Å². The number of carboxylic acids is 1. The van der Waals surface area contributed by atoms with Gasteiger partial charge >= 0.3 is 5.97 Å². The fourth-order valence-corrected chi connectivity index (χ4v) is 19.8. The molecule has 15 rings (SSSR count). The second kappa shape index (κ2) is 54.4. The van der Waals surface area contributed by atoms with E-state index in [-0.39, 0.29) is 18.0 Å². The maximum Gasteiger partial charge on any atom is 0.335 e. The van der Waals surface area contributed by atoms with Crippen LogP contribution in [-0.4, -0.2) is 108 Å². The topological polar surface area (TPSA) is 267 Å². The molecule has 11 fully saturated rings. The Balaban J connectivity index is 0.000000151. The van der Waals surface area contributed by atoms with Gasteiger partial charge in [0, 0.05) is 59.9 Å². The third-order valence-electron chi connectivity index (χ3n) is 27.2. The summed E-state index contributed by atoms with van der Waals surface area (Å²) in [7, 11) is 0. The predicted molar refractivity (Wildman–Crippen MR) is 497 cm³/mol. The van der Waals surface area contributed by atoms with E-state index in [1.807, 2.05) is 60.7 Å². The van der Waals surface area contributed by atoms with Crippen LogP contribution in [0.3, 0.4) is 0 Å². The Morgan fingerprint density at radius 1 is 0.298 bits per heavy atom. The summed E-state index contributed by atoms with van der Waals surface area (Å²) in [6, 6.07) is 30.6. The smallest absolute Gasteiger partial charge is 0.335 e. The van der Waals surface area contributed by atoms with Gasteiger partial charge in [-0.3, -0.25) is 4.99 Å². The summed E-state index contributed by atoms with van der Waals surface area (Å²) in [5.74, 6) is -5.93. The molecule has 0 spiro atoms. The molecule has 19 nitrogen and oxygen atoms in total. The minimum Gasteiger partial charge on any atom is -0.478 e. The number of halogens is 5. The highest BCUT2D eigenvalue weighted by molar-refractivity contribution is 5.96. The van der Waals surface area contributed by atoms with Crippen molar-refractivity contribution in [1.82, 2.24) is 31.9 Å². The van der Waals surface area contributed by atoms with E-state index in [0.29, 0.717) is 65.0 Å². The predicted octanol–water partition coefficient (Wildman–Crippen LogP) is 24.1. The largest absolute Gasteiger partial charge is 0.478 e. The zero-order chi connectivity index (χ0) is 86.6. The van der Waals surface area contributed by atoms with Gasteiger partial charge in [0.1, 0.15) is 5.69 Å². The summed E-state index contributed by atoms with van der Waals surface area (Å²) in [6.07, 6.45) is 70.0. The van der Waals surface area contributed by atoms with Crippen LogP contribution in [0.15, 0.2) is 97.8 Å². The molecule has 124 heavy (non-hydrogen) atoms. The van der Waals surface area contributed by atoms with Crippen molar-refractivity contribution >= 4 is 58.5 Å². The van der Waals surface area contributed by atoms with Crippen LogP contribution in [0.4, 0.5) is 44.7 Å². The van der Waals surface area contributed by atoms with Crippen LogP contribution < -0.4 is 53.2 Å². The van der Waals surface area contributed by atoms with E-state index in [9.17, 15) is 26.7 Å². The van der Waals surface area contributed by atoms with E-state index in [1.54, 1.807) is 12.1 Å². The zero-order valence-electron chi connectivity index (χ0n) is 74.5. The Morgan fingerprint density at radius 3 is 0.782 bits per heavy atom. The Kier molecular flexibility index (Phi) is 42.1. The normalized spacial score (nSPS) is 21.1. The average Bonchev–Trinajstić information content (AvgIpc) is 0.791. The molecule has 0 bridgehead atoms. The minimum absolute atomic E-state index is 0.0291. The van der Waals surface area contributed by atoms with Crippen LogP contribution >= 0.6 is 0 Å². The van der Waals surface area contributed by atoms with Gasteiger partial charge in [-0.1, -0.05) is 225 Å². The first-order valence-electron chi connectivity index (χ1n) is 49.1. The van der Waals surface area contributed by atoms with Gasteiger partial charge in [-0.25, -0.2) is 46.7 Å². The lowest BCUT2D eigenvalue weighted by Crippen LogP contribution is -2.48. The highest BCUT2D eigenvalue weighted by atomic mass is 19.2. The van der Waals surface area contributed by atoms with Crippen LogP contribution in [0, 0.1) is 57.7 Å². The summed E-state index contributed by atoms with van der Waals surface area (Å²) in [6.45, 7) is 1.01. The fraction of sp³-hybridized carbons (Fsp3) is 0.680. The van der Waals surface area contributed by atoms with Crippen LogP contribution in [0.25, 0.3) is 0 Å². The van der Waals surface area contributed by atoms with Crippen molar-refractivity contribution in [3.63, 3.8) is 0 Å². The Hall–Kier alpha value is -8.67. The third-order valence-corrected chi connectivity index (χ3v) is 27.2. The number of nitrogens with zero attached hydrogens (tertiary/aromatic N) is 7. The molecule has 0 aliphatic heterocycles. The first-order valence-corrected chi connectivity index (χ1v) is 49.1. The van der Waals surface area contributed by atoms with Gasteiger partial charge in [-0.05, 0) is 214 Å². The van der Waals surface area contributed by atoms with Gasteiger partial charge < -0.3 is 58.3 Å². The lowest BCUT2D eigenvalue weighted by atomic mass is 9.87. The SMILES string of the molecule is C1CCC(CCN=C(NC2CCCCC2)NC2CCCCC2)CC1.Fc1c(F)c(F)c(NC(=NC2CCCCC2)NC2CCCCC2)c(F)c1F.N#Cc1ccc(NC(=NC2CCCCC2)NC2CCCCC2)cc1.N#Cc1ccc(NC(=NC2CCCCC2)NC2CCCCC2)cc1.O=C(O)c1ccc(NC(=NC2CCCCC2)NC2CCCCC2)cc1. The molecule has 4 aromatic rings. The molecule has 0 aromatic heterocycles. The molecule has 0 amide bonds. The zero-order valence-corrected chi connectivity index (χ0v) is 74.5. The molecule has 4 aromatic carbocycles. The van der Waals surface area contributed by atoms with Gasteiger partial charge in [0.05, 0.1) is 53.0 Å². The Morgan fingerprint density at radius 2 is 0.524 bits per heavy atom. The number of benzene rings is 4. The molecule has 11 aliphatic carbocycles. The number of rotatable bonds is 18. The molecule has 0 heterocycles. The second-order valence-electron chi connectivity index (χ2n) is 37.2. The average molecular weight is 1720 g/mol. The number of nitriles is 2. The van der Waals surface area contributed by atoms with Crippen LogP contribution in [0.1, 0.15) is 381 Å². The van der Waals surface area contributed by atoms with Gasteiger partial charge in [0.25, 0.3) is 0 Å². The number of aliphatic imine (C=N–C) groups is 5. The maximum absolute atomic E-state index is 14.1. The Bertz CT molecular complexity index is 3830. The molecule has 0 radical (unpaired) electrons. The molecule has 24 heteroatoms. The van der Waals surface area contributed by atoms with Crippen LogP contribution in [-0.2, 0) is 0 Å². The molecule has 0 unspecified atom stereocenters. The summed E-state index contributed by atoms with van der Waals surface area (Å²) in [5.41, 5.74) is 3.47. The molecular weight excluding hydrogens is 1570 g/mol. The van der Waals surface area contributed by atoms with Gasteiger partial charge in [-0.15, -0.1) is 0 Å². The summed E-state index contributed by atoms with van der Waals surface area (Å²) in [5, 5.41) is 61.2. The van der Waals surface area contributed by atoms with Gasteiger partial charge in [0.15, 0.2) is 53.1 Å². The first kappa shape index (κ1) is 96.0. The van der Waals surface area contributed by atoms with Crippen LogP contribution in [0.5, 0.6) is 0 Å². The summed E-state index contributed by atoms with van der Waals surface area (Å²) < 4.78 is 68.4. The standard InChI is InChI=1S/C21H39N3.2C20H28N4.C20H29N3O2.C19H24F5N3/c1-4-10-18(11-5-1)16-17-22-21(23-19-12-6-2-7-13-19)24-20-14-8-3-9-15-20;2*21-15-16-11-13-19(14-12-16)24-20(22-17-7-3-1-4-8-17)23-18-9-5-2-6-10-18;24-19(25)15-11-13-18(14-12-15)23-20(21-16-7-3-1-4-8-16)22-17-9-5-2-6-10-17;20-13-14(21)16(23)18(17(24)15(13)22)27-19(25-11-7-3-1-4-8-11)26-12-9-5-2-6-10-12/h18-20H,1-17H2,(H2,22,23,24);2*11-14,17-18H,1-10H2,(H2,22,23,24);11-14,16-17H,1-10H2,(H,24,25)(H2,21,22,23);11-12H,1-10H2,(H2,25,26,27). The van der Waals surface area contributed by atoms with Crippen molar-refractivity contribution in [3.05, 3.63) is 119 Å². The maximum atomic E-state index is 14.1. The number of hydrogen-bond acceptors (Lipinski definition) is 8. The highest BCUT2D eigenvalue weighted by Crippen LogP contribution is 2.33. The highest BCUT2D eigenvalue weighted by Gasteiger charge is 2.30. The number of guanidine groups is 5. The van der Waals surface area contributed by atoms with Crippen molar-refractivity contribution in [2.75, 3.05) is 27.8 Å². The summed E-state index contributed by atoms with van der Waals surface area (Å²) in [4.78, 5) is 35.5. The lowest BCUT2D eigenvalue weighted by molar-refractivity contribution is 0.0696. The number of anilines is 4. The quantitative estimate of drug-likeness (QED) is 0.0146. The molecule has 680 valence electrons. The second-order valence-corrected chi connectivity index (χ2v) is 37.2. The molecular formula is C100H148F5N17O2. The van der Waals surface area contributed by atoms with E-state index in [0.717, 1.165) is 130 Å². The van der Waals surface area contributed by atoms with Gasteiger partial charge in [0.2, 0.25) is 5.82 Å². The van der Waals surface area contributed by atoms with Crippen LogP contribution in [0.2, 0.25) is 0 Å². The van der Waals surface area contributed by atoms with Crippen molar-refractivity contribution in [1.29, 1.82) is 10.5 Å². The molecule has 11 saturated carbocycles. The van der Waals surface area contributed by atoms with Crippen molar-refractivity contribution in [2.45, 2.75) is 420 Å². The molecule has 11 aliphatic rings. The van der Waals surface area contributed by atoms with Crippen molar-refractivity contribution in [2.24, 2.45) is 30.9 Å². The third kappa shape index (κ3) is 34.6. The van der Waals surface area contributed by atoms with Crippen molar-refractivity contribution in [3.8, 4) is 12.1 Å². The van der Waals surface area contributed by atoms with E-state index < -0.39 is 40.7 Å². The van der Waals surface area contributed by atoms with E-state index in [2.05, 4.69) is 70.3 Å². The number of aromatic carboxylic acids is 1. The van der Waals surface area contributed by atoms with E-state index in [1.165, 1.54) is 283 Å². The number of nitrogens with one attached hydrogen (secondary N) is 10. The molecule has 0 saturated heterocycles. The van der Waals surface area contributed by atoms with E-state index in [4.69, 9.17) is 35.6 Å².